The van der Waals surface area contributed by atoms with Gasteiger partial charge in [-0.25, -0.2) is 0 Å². The number of nitrogens with zero attached hydrogens (tertiary/aromatic N) is 1. The van der Waals surface area contributed by atoms with Gasteiger partial charge in [-0.05, 0) is 71.7 Å². The van der Waals surface area contributed by atoms with Gasteiger partial charge in [-0.1, -0.05) is 109 Å². The van der Waals surface area contributed by atoms with Crippen molar-refractivity contribution in [2.24, 2.45) is 0 Å². The Labute approximate surface area is 230 Å². The fourth-order valence-electron chi connectivity index (χ4n) is 5.62. The minimum Gasteiger partial charge on any atom is -0.485 e. The summed E-state index contributed by atoms with van der Waals surface area (Å²) in [4.78, 5) is 2.33. The van der Waals surface area contributed by atoms with Crippen LogP contribution in [0.15, 0.2) is 151 Å². The Kier molecular flexibility index (Phi) is 5.86. The Morgan fingerprint density at radius 3 is 1.74 bits per heavy atom. The van der Waals surface area contributed by atoms with E-state index in [-0.39, 0.29) is 12.0 Å². The van der Waals surface area contributed by atoms with Crippen LogP contribution in [0.2, 0.25) is 0 Å². The summed E-state index contributed by atoms with van der Waals surface area (Å²) in [6, 6.07) is 45.3. The minimum atomic E-state index is -0.0136. The van der Waals surface area contributed by atoms with Gasteiger partial charge in [-0.15, -0.1) is 0 Å². The van der Waals surface area contributed by atoms with Crippen molar-refractivity contribution < 1.29 is 4.74 Å². The molecule has 0 fully saturated rings. The summed E-state index contributed by atoms with van der Waals surface area (Å²) >= 11 is 0. The number of aryl methyl sites for hydroxylation is 1. The van der Waals surface area contributed by atoms with Crippen LogP contribution in [0.3, 0.4) is 0 Å². The van der Waals surface area contributed by atoms with Crippen LogP contribution in [0.5, 0.6) is 5.75 Å². The third kappa shape index (κ3) is 4.45. The number of ether oxygens (including phenoxy) is 1. The average Bonchev–Trinajstić information content (AvgIpc) is 3.37. The summed E-state index contributed by atoms with van der Waals surface area (Å²) < 4.78 is 6.37. The van der Waals surface area contributed by atoms with Crippen LogP contribution in [0, 0.1) is 6.92 Å². The van der Waals surface area contributed by atoms with Crippen LogP contribution in [0.1, 0.15) is 17.0 Å². The maximum absolute atomic E-state index is 6.37. The lowest BCUT2D eigenvalue weighted by Crippen LogP contribution is -2.24. The van der Waals surface area contributed by atoms with Gasteiger partial charge in [0, 0.05) is 28.6 Å². The Balaban J connectivity index is 1.26. The highest BCUT2D eigenvalue weighted by atomic mass is 16.5. The van der Waals surface area contributed by atoms with E-state index in [0.29, 0.717) is 0 Å². The van der Waals surface area contributed by atoms with Crippen molar-refractivity contribution >= 4 is 11.4 Å². The van der Waals surface area contributed by atoms with E-state index in [2.05, 4.69) is 151 Å². The molecule has 2 nitrogen and oxygen atoms in total. The lowest BCUT2D eigenvalue weighted by Gasteiger charge is -2.30. The molecule has 2 unspecified atom stereocenters. The molecule has 1 aliphatic carbocycles. The van der Waals surface area contributed by atoms with E-state index in [4.69, 9.17) is 4.74 Å². The van der Waals surface area contributed by atoms with Crippen LogP contribution in [0.25, 0.3) is 22.3 Å². The van der Waals surface area contributed by atoms with Gasteiger partial charge < -0.3 is 9.64 Å². The third-order valence-electron chi connectivity index (χ3n) is 7.71. The first-order valence-electron chi connectivity index (χ1n) is 13.5. The topological polar surface area (TPSA) is 12.5 Å². The Morgan fingerprint density at radius 1 is 0.564 bits per heavy atom. The molecule has 1 aliphatic heterocycles. The lowest BCUT2D eigenvalue weighted by molar-refractivity contribution is 0.267. The van der Waals surface area contributed by atoms with Gasteiger partial charge in [0.25, 0.3) is 0 Å². The van der Waals surface area contributed by atoms with Gasteiger partial charge in [0.1, 0.15) is 11.9 Å². The maximum atomic E-state index is 6.37. The second-order valence-corrected chi connectivity index (χ2v) is 10.3. The van der Waals surface area contributed by atoms with E-state index in [1.807, 2.05) is 6.07 Å². The molecule has 0 spiro atoms. The van der Waals surface area contributed by atoms with Crippen LogP contribution < -0.4 is 9.64 Å². The van der Waals surface area contributed by atoms with Crippen molar-refractivity contribution in [3.63, 3.8) is 0 Å². The molecule has 0 saturated carbocycles. The normalized spacial score (nSPS) is 17.1. The molecule has 0 amide bonds. The van der Waals surface area contributed by atoms with Crippen LogP contribution >= 0.6 is 0 Å². The predicted molar refractivity (Wildman–Crippen MR) is 161 cm³/mol. The molecule has 2 aliphatic rings. The van der Waals surface area contributed by atoms with Gasteiger partial charge in [0.15, 0.2) is 0 Å². The van der Waals surface area contributed by atoms with E-state index in [1.54, 1.807) is 0 Å². The molecule has 1 heterocycles. The Hall–Kier alpha value is -4.82. The SMILES string of the molecule is Cc1ccc(-c2ccc(N(C3=CC4Oc5ccccc5C4C=C3)c3ccc(-c4ccccc4)cc3)cc2)cc1. The van der Waals surface area contributed by atoms with Crippen molar-refractivity contribution in [2.75, 3.05) is 4.90 Å². The quantitative estimate of drug-likeness (QED) is 0.237. The van der Waals surface area contributed by atoms with Crippen molar-refractivity contribution in [2.45, 2.75) is 18.9 Å². The highest BCUT2D eigenvalue weighted by Crippen LogP contribution is 2.44. The molecule has 0 aromatic heterocycles. The van der Waals surface area contributed by atoms with Gasteiger partial charge >= 0.3 is 0 Å². The van der Waals surface area contributed by atoms with E-state index < -0.39 is 0 Å². The first-order valence-corrected chi connectivity index (χ1v) is 13.5. The predicted octanol–water partition coefficient (Wildman–Crippen LogP) is 9.47. The summed E-state index contributed by atoms with van der Waals surface area (Å²) in [5.74, 6) is 1.23. The van der Waals surface area contributed by atoms with Gasteiger partial charge in [0.2, 0.25) is 0 Å². The van der Waals surface area contributed by atoms with Crippen molar-refractivity contribution in [3.05, 3.63) is 162 Å². The average molecular weight is 504 g/mol. The smallest absolute Gasteiger partial charge is 0.130 e. The van der Waals surface area contributed by atoms with Crippen molar-refractivity contribution in [1.82, 2.24) is 0 Å². The molecule has 5 aromatic carbocycles. The standard InChI is InChI=1S/C37H29NO/c1-26-11-13-28(14-12-26)30-17-21-32(22-18-30)38(31-19-15-29(16-20-31)27-7-3-2-4-8-27)33-23-24-35-34-9-5-6-10-36(34)39-37(35)25-33/h2-25,35,37H,1H3. The van der Waals surface area contributed by atoms with Gasteiger partial charge in [-0.2, -0.15) is 0 Å². The molecular weight excluding hydrogens is 474 g/mol. The monoisotopic (exact) mass is 503 g/mol. The number of anilines is 2. The van der Waals surface area contributed by atoms with E-state index >= 15 is 0 Å². The second kappa shape index (κ2) is 9.81. The largest absolute Gasteiger partial charge is 0.485 e. The zero-order valence-electron chi connectivity index (χ0n) is 21.9. The Morgan fingerprint density at radius 2 is 1.10 bits per heavy atom. The molecule has 0 saturated heterocycles. The molecule has 2 atom stereocenters. The third-order valence-corrected chi connectivity index (χ3v) is 7.71. The molecule has 0 N–H and O–H groups in total. The molecule has 2 heteroatoms. The second-order valence-electron chi connectivity index (χ2n) is 10.3. The Bertz CT molecular complexity index is 1660. The highest BCUT2D eigenvalue weighted by molar-refractivity contribution is 5.76. The molecule has 39 heavy (non-hydrogen) atoms. The molecule has 188 valence electrons. The van der Waals surface area contributed by atoms with E-state index in [9.17, 15) is 0 Å². The van der Waals surface area contributed by atoms with Crippen molar-refractivity contribution in [3.8, 4) is 28.0 Å². The molecular formula is C37H29NO. The number of rotatable bonds is 5. The van der Waals surface area contributed by atoms with Gasteiger partial charge in [0.05, 0.1) is 0 Å². The van der Waals surface area contributed by atoms with Crippen LogP contribution in [-0.4, -0.2) is 6.10 Å². The molecule has 0 radical (unpaired) electrons. The number of hydrogen-bond donors (Lipinski definition) is 0. The summed E-state index contributed by atoms with van der Waals surface area (Å²) in [5.41, 5.74) is 10.7. The minimum absolute atomic E-state index is 0.0136. The van der Waals surface area contributed by atoms with E-state index in [1.165, 1.54) is 33.4 Å². The summed E-state index contributed by atoms with van der Waals surface area (Å²) in [7, 11) is 0. The fraction of sp³-hybridized carbons (Fsp3) is 0.0811. The number of benzene rings is 5. The molecule has 7 rings (SSSR count). The van der Waals surface area contributed by atoms with Crippen LogP contribution in [0.4, 0.5) is 11.4 Å². The zero-order valence-corrected chi connectivity index (χ0v) is 21.9. The first-order chi connectivity index (χ1) is 19.2. The van der Waals surface area contributed by atoms with Crippen LogP contribution in [-0.2, 0) is 0 Å². The van der Waals surface area contributed by atoms with E-state index in [0.717, 1.165) is 22.8 Å². The molecule has 0 bridgehead atoms. The number of fused-ring (bicyclic) bond motifs is 3. The lowest BCUT2D eigenvalue weighted by atomic mass is 9.90. The molecule has 5 aromatic rings. The number of para-hydroxylation sites is 1. The summed E-state index contributed by atoms with van der Waals surface area (Å²) in [5, 5.41) is 0. The first kappa shape index (κ1) is 23.3. The maximum Gasteiger partial charge on any atom is 0.130 e. The fourth-order valence-corrected chi connectivity index (χ4v) is 5.62. The number of allylic oxidation sites excluding steroid dienone is 1. The zero-order chi connectivity index (χ0) is 26.2. The summed E-state index contributed by atoms with van der Waals surface area (Å²) in [6.45, 7) is 2.12. The summed E-state index contributed by atoms with van der Waals surface area (Å²) in [6.07, 6.45) is 6.79. The van der Waals surface area contributed by atoms with Crippen molar-refractivity contribution in [1.29, 1.82) is 0 Å². The van der Waals surface area contributed by atoms with Gasteiger partial charge in [-0.3, -0.25) is 0 Å². The number of hydrogen-bond acceptors (Lipinski definition) is 2. The highest BCUT2D eigenvalue weighted by Gasteiger charge is 2.34.